The van der Waals surface area contributed by atoms with E-state index in [1.807, 2.05) is 37.3 Å². The number of amidine groups is 1. The van der Waals surface area contributed by atoms with Crippen LogP contribution in [0.1, 0.15) is 12.5 Å². The number of rotatable bonds is 4. The Morgan fingerprint density at radius 2 is 2.00 bits per heavy atom. The molecule has 1 saturated heterocycles. The highest BCUT2D eigenvalue weighted by molar-refractivity contribution is 8.18. The lowest BCUT2D eigenvalue weighted by Crippen LogP contribution is -2.28. The average Bonchev–Trinajstić information content (AvgIpc) is 2.91. The summed E-state index contributed by atoms with van der Waals surface area (Å²) in [6.45, 7) is 2.46. The van der Waals surface area contributed by atoms with Crippen molar-refractivity contribution in [1.82, 2.24) is 4.90 Å². The first-order valence-electron chi connectivity index (χ1n) is 7.84. The molecular formula is C19H18N2O3S. The van der Waals surface area contributed by atoms with E-state index in [4.69, 9.17) is 4.74 Å². The quantitative estimate of drug-likeness (QED) is 0.842. The highest BCUT2D eigenvalue weighted by Crippen LogP contribution is 2.34. The highest BCUT2D eigenvalue weighted by atomic mass is 32.2. The number of aliphatic imine (C=N–C) groups is 1. The zero-order valence-electron chi connectivity index (χ0n) is 14.0. The molecule has 6 heteroatoms. The normalized spacial score (nSPS) is 17.5. The molecule has 128 valence electrons. The molecule has 0 aliphatic carbocycles. The molecule has 5 nitrogen and oxygen atoms in total. The number of carbonyl (C=O) groups excluding carboxylic acids is 1. The van der Waals surface area contributed by atoms with Crippen LogP contribution in [0.5, 0.6) is 11.5 Å². The third kappa shape index (κ3) is 3.85. The molecule has 0 radical (unpaired) electrons. The largest absolute Gasteiger partial charge is 0.508 e. The fourth-order valence-corrected chi connectivity index (χ4v) is 3.45. The van der Waals surface area contributed by atoms with Gasteiger partial charge in [0, 0.05) is 6.54 Å². The van der Waals surface area contributed by atoms with Crippen LogP contribution in [0.4, 0.5) is 5.69 Å². The Bertz CT molecular complexity index is 844. The minimum atomic E-state index is -0.0622. The number of nitrogens with zero attached hydrogens (tertiary/aromatic N) is 2. The maximum absolute atomic E-state index is 12.6. The Hall–Kier alpha value is -2.73. The predicted octanol–water partition coefficient (Wildman–Crippen LogP) is 4.02. The summed E-state index contributed by atoms with van der Waals surface area (Å²) in [6.07, 6.45) is 1.84. The summed E-state index contributed by atoms with van der Waals surface area (Å²) in [4.78, 5) is 19.4. The van der Waals surface area contributed by atoms with Crippen LogP contribution in [-0.2, 0) is 4.79 Å². The maximum Gasteiger partial charge on any atom is 0.266 e. The van der Waals surface area contributed by atoms with Crippen LogP contribution in [0.25, 0.3) is 6.08 Å². The Labute approximate surface area is 150 Å². The summed E-state index contributed by atoms with van der Waals surface area (Å²) in [5.74, 6) is 0.869. The van der Waals surface area contributed by atoms with Crippen LogP contribution in [-0.4, -0.2) is 34.7 Å². The smallest absolute Gasteiger partial charge is 0.266 e. The number of amides is 1. The summed E-state index contributed by atoms with van der Waals surface area (Å²) in [7, 11) is 1.61. The van der Waals surface area contributed by atoms with Crippen molar-refractivity contribution in [2.75, 3.05) is 13.7 Å². The van der Waals surface area contributed by atoms with Crippen LogP contribution in [0.3, 0.4) is 0 Å². The van der Waals surface area contributed by atoms with E-state index < -0.39 is 0 Å². The van der Waals surface area contributed by atoms with E-state index >= 15 is 0 Å². The van der Waals surface area contributed by atoms with E-state index in [1.165, 1.54) is 11.8 Å². The van der Waals surface area contributed by atoms with Gasteiger partial charge in [-0.3, -0.25) is 9.69 Å². The zero-order chi connectivity index (χ0) is 17.8. The van der Waals surface area contributed by atoms with Gasteiger partial charge in [-0.25, -0.2) is 4.99 Å². The van der Waals surface area contributed by atoms with Crippen LogP contribution in [0.2, 0.25) is 0 Å². The van der Waals surface area contributed by atoms with E-state index in [2.05, 4.69) is 4.99 Å². The van der Waals surface area contributed by atoms with Crippen molar-refractivity contribution in [3.63, 3.8) is 0 Å². The van der Waals surface area contributed by atoms with Crippen molar-refractivity contribution >= 4 is 34.6 Å². The summed E-state index contributed by atoms with van der Waals surface area (Å²) >= 11 is 1.34. The fraction of sp³-hybridized carbons (Fsp3) is 0.158. The SMILES string of the molecule is CCN1C(=O)/C(=C/c2cccc(OC)c2)SC1=Nc1ccc(O)cc1. The first-order valence-corrected chi connectivity index (χ1v) is 8.65. The van der Waals surface area contributed by atoms with E-state index in [0.29, 0.717) is 22.3 Å². The molecule has 0 aromatic heterocycles. The van der Waals surface area contributed by atoms with Gasteiger partial charge in [0.1, 0.15) is 11.5 Å². The molecule has 3 rings (SSSR count). The Balaban J connectivity index is 1.91. The molecule has 1 aliphatic rings. The summed E-state index contributed by atoms with van der Waals surface area (Å²) in [5.41, 5.74) is 1.59. The van der Waals surface area contributed by atoms with Crippen LogP contribution in [0, 0.1) is 0 Å². The zero-order valence-corrected chi connectivity index (χ0v) is 14.8. The van der Waals surface area contributed by atoms with E-state index in [9.17, 15) is 9.90 Å². The number of likely N-dealkylation sites (N-methyl/N-ethyl adjacent to an activating group) is 1. The molecule has 1 amide bonds. The van der Waals surface area contributed by atoms with Crippen molar-refractivity contribution in [1.29, 1.82) is 0 Å². The van der Waals surface area contributed by atoms with E-state index in [-0.39, 0.29) is 11.7 Å². The predicted molar refractivity (Wildman–Crippen MR) is 101 cm³/mol. The summed E-state index contributed by atoms with van der Waals surface area (Å²) in [5, 5.41) is 10.0. The van der Waals surface area contributed by atoms with Crippen molar-refractivity contribution in [3.05, 3.63) is 59.0 Å². The number of phenolic OH excluding ortho intramolecular Hbond substituents is 1. The van der Waals surface area contributed by atoms with Gasteiger partial charge in [-0.1, -0.05) is 12.1 Å². The van der Waals surface area contributed by atoms with Gasteiger partial charge in [-0.15, -0.1) is 0 Å². The number of hydrogen-bond donors (Lipinski definition) is 1. The standard InChI is InChI=1S/C19H18N2O3S/c1-3-21-18(23)17(12-13-5-4-6-16(11-13)24-2)25-19(21)20-14-7-9-15(22)10-8-14/h4-12,22H,3H2,1-2H3/b17-12-,20-19?. The van der Waals surface area contributed by atoms with E-state index in [1.54, 1.807) is 36.3 Å². The maximum atomic E-state index is 12.6. The molecule has 0 unspecified atom stereocenters. The van der Waals surface area contributed by atoms with Gasteiger partial charge in [0.2, 0.25) is 0 Å². The number of ether oxygens (including phenoxy) is 1. The second kappa shape index (κ2) is 7.44. The molecule has 2 aromatic rings. The fourth-order valence-electron chi connectivity index (χ4n) is 2.39. The molecule has 2 aromatic carbocycles. The Morgan fingerprint density at radius 1 is 1.24 bits per heavy atom. The van der Waals surface area contributed by atoms with Gasteiger partial charge in [0.05, 0.1) is 17.7 Å². The van der Waals surface area contributed by atoms with Crippen molar-refractivity contribution in [2.45, 2.75) is 6.92 Å². The first-order chi connectivity index (χ1) is 12.1. The number of carbonyl (C=O) groups is 1. The lowest BCUT2D eigenvalue weighted by atomic mass is 10.2. The van der Waals surface area contributed by atoms with Gasteiger partial charge in [0.25, 0.3) is 5.91 Å². The van der Waals surface area contributed by atoms with Crippen LogP contribution >= 0.6 is 11.8 Å². The molecule has 1 fully saturated rings. The third-order valence-electron chi connectivity index (χ3n) is 3.67. The Kier molecular flexibility index (Phi) is 5.09. The second-order valence-electron chi connectivity index (χ2n) is 5.35. The van der Waals surface area contributed by atoms with Crippen LogP contribution in [0.15, 0.2) is 58.4 Å². The molecule has 0 atom stereocenters. The molecule has 0 bridgehead atoms. The molecule has 1 heterocycles. The second-order valence-corrected chi connectivity index (χ2v) is 6.36. The minimum Gasteiger partial charge on any atom is -0.508 e. The molecule has 25 heavy (non-hydrogen) atoms. The number of aromatic hydroxyl groups is 1. The Morgan fingerprint density at radius 3 is 2.68 bits per heavy atom. The van der Waals surface area contributed by atoms with Gasteiger partial charge < -0.3 is 9.84 Å². The number of hydrogen-bond acceptors (Lipinski definition) is 5. The lowest BCUT2D eigenvalue weighted by Gasteiger charge is -2.11. The molecule has 0 saturated carbocycles. The van der Waals surface area contributed by atoms with Gasteiger partial charge >= 0.3 is 0 Å². The monoisotopic (exact) mass is 354 g/mol. The van der Waals surface area contributed by atoms with Gasteiger partial charge in [-0.2, -0.15) is 0 Å². The van der Waals surface area contributed by atoms with Crippen LogP contribution < -0.4 is 4.74 Å². The molecule has 0 spiro atoms. The van der Waals surface area contributed by atoms with Crippen molar-refractivity contribution in [3.8, 4) is 11.5 Å². The van der Waals surface area contributed by atoms with E-state index in [0.717, 1.165) is 11.3 Å². The lowest BCUT2D eigenvalue weighted by molar-refractivity contribution is -0.122. The highest BCUT2D eigenvalue weighted by Gasteiger charge is 2.32. The van der Waals surface area contributed by atoms with Gasteiger partial charge in [-0.05, 0) is 66.7 Å². The molecule has 1 N–H and O–H groups in total. The number of benzene rings is 2. The topological polar surface area (TPSA) is 62.1 Å². The summed E-state index contributed by atoms with van der Waals surface area (Å²) in [6, 6.07) is 14.1. The summed E-state index contributed by atoms with van der Waals surface area (Å²) < 4.78 is 5.22. The molecular weight excluding hydrogens is 336 g/mol. The first kappa shape index (κ1) is 17.1. The minimum absolute atomic E-state index is 0.0622. The van der Waals surface area contributed by atoms with Crippen molar-refractivity contribution < 1.29 is 14.6 Å². The number of methoxy groups -OCH3 is 1. The third-order valence-corrected chi connectivity index (χ3v) is 4.68. The van der Waals surface area contributed by atoms with Gasteiger partial charge in [0.15, 0.2) is 5.17 Å². The molecule has 1 aliphatic heterocycles. The number of phenols is 1. The number of thioether (sulfide) groups is 1. The van der Waals surface area contributed by atoms with Crippen molar-refractivity contribution in [2.24, 2.45) is 4.99 Å². The average molecular weight is 354 g/mol.